The van der Waals surface area contributed by atoms with Gasteiger partial charge in [-0.05, 0) is 18.0 Å². The van der Waals surface area contributed by atoms with Crippen LogP contribution in [0, 0.1) is 26.0 Å². The summed E-state index contributed by atoms with van der Waals surface area (Å²) >= 11 is 5.82. The second-order valence-electron chi connectivity index (χ2n) is 5.37. The first-order chi connectivity index (χ1) is 13.3. The van der Waals surface area contributed by atoms with Crippen molar-refractivity contribution >= 4 is 40.6 Å². The Hall–Kier alpha value is -3.35. The summed E-state index contributed by atoms with van der Waals surface area (Å²) in [6.07, 6.45) is 0.862. The van der Waals surface area contributed by atoms with Gasteiger partial charge in [0.1, 0.15) is 5.69 Å². The third-order valence-electron chi connectivity index (χ3n) is 3.32. The molecule has 14 heteroatoms. The molecule has 0 spiro atoms. The standard InChI is InChI=1S/C14H16ClFN8O4/c1-2-3-18-13-20-12(15)21-14(22-13)19-5-4-17-9-6-8(16)10(23(25)26)7-11(9)24(27)28/h6-7,17H,2-5H2,1H3,(H2,18,19,20,21,22). The molecular weight excluding hydrogens is 399 g/mol. The minimum atomic E-state index is -1.18. The van der Waals surface area contributed by atoms with E-state index in [9.17, 15) is 24.6 Å². The van der Waals surface area contributed by atoms with E-state index in [-0.39, 0.29) is 30.0 Å². The molecular formula is C14H16ClFN8O4. The monoisotopic (exact) mass is 414 g/mol. The van der Waals surface area contributed by atoms with Crippen molar-refractivity contribution in [2.75, 3.05) is 35.6 Å². The molecule has 2 rings (SSSR count). The summed E-state index contributed by atoms with van der Waals surface area (Å²) in [5.74, 6) is -0.697. The van der Waals surface area contributed by atoms with Gasteiger partial charge in [0.15, 0.2) is 0 Å². The van der Waals surface area contributed by atoms with Crippen LogP contribution in [0.2, 0.25) is 5.28 Å². The van der Waals surface area contributed by atoms with Crippen LogP contribution in [0.5, 0.6) is 0 Å². The van der Waals surface area contributed by atoms with E-state index >= 15 is 0 Å². The molecule has 0 aliphatic heterocycles. The van der Waals surface area contributed by atoms with Crippen LogP contribution < -0.4 is 16.0 Å². The number of nitrogens with one attached hydrogen (secondary N) is 3. The summed E-state index contributed by atoms with van der Waals surface area (Å²) in [7, 11) is 0. The Morgan fingerprint density at radius 1 is 0.964 bits per heavy atom. The normalized spacial score (nSPS) is 10.4. The Morgan fingerprint density at radius 2 is 1.54 bits per heavy atom. The van der Waals surface area contributed by atoms with Gasteiger partial charge < -0.3 is 16.0 Å². The van der Waals surface area contributed by atoms with Crippen LogP contribution in [0.4, 0.5) is 33.3 Å². The summed E-state index contributed by atoms with van der Waals surface area (Å²) in [5.41, 5.74) is -1.77. The Labute approximate surface area is 162 Å². The Kier molecular flexibility index (Phi) is 7.14. The highest BCUT2D eigenvalue weighted by molar-refractivity contribution is 6.28. The Balaban J connectivity index is 2.02. The number of rotatable bonds is 10. The molecule has 0 saturated carbocycles. The van der Waals surface area contributed by atoms with E-state index < -0.39 is 27.0 Å². The Bertz CT molecular complexity index is 885. The van der Waals surface area contributed by atoms with Gasteiger partial charge in [0, 0.05) is 25.7 Å². The minimum absolute atomic E-state index is 0.0165. The molecule has 3 N–H and O–H groups in total. The van der Waals surface area contributed by atoms with E-state index in [1.807, 2.05) is 6.92 Å². The van der Waals surface area contributed by atoms with Gasteiger partial charge in [-0.25, -0.2) is 0 Å². The predicted molar refractivity (Wildman–Crippen MR) is 100 cm³/mol. The lowest BCUT2D eigenvalue weighted by Crippen LogP contribution is -2.17. The minimum Gasteiger partial charge on any atom is -0.378 e. The van der Waals surface area contributed by atoms with E-state index in [2.05, 4.69) is 30.9 Å². The zero-order valence-corrected chi connectivity index (χ0v) is 15.4. The fourth-order valence-corrected chi connectivity index (χ4v) is 2.26. The number of nitro benzene ring substituents is 2. The molecule has 1 aromatic heterocycles. The maximum atomic E-state index is 13.7. The van der Waals surface area contributed by atoms with Crippen molar-refractivity contribution in [3.63, 3.8) is 0 Å². The topological polar surface area (TPSA) is 161 Å². The van der Waals surface area contributed by atoms with E-state index in [0.29, 0.717) is 24.6 Å². The van der Waals surface area contributed by atoms with Gasteiger partial charge in [-0.2, -0.15) is 19.3 Å². The van der Waals surface area contributed by atoms with Crippen molar-refractivity contribution in [2.24, 2.45) is 0 Å². The maximum absolute atomic E-state index is 13.7. The first-order valence-corrected chi connectivity index (χ1v) is 8.45. The lowest BCUT2D eigenvalue weighted by molar-refractivity contribution is -0.395. The molecule has 12 nitrogen and oxygen atoms in total. The summed E-state index contributed by atoms with van der Waals surface area (Å²) in [5, 5.41) is 30.2. The van der Waals surface area contributed by atoms with Crippen molar-refractivity contribution in [3.05, 3.63) is 43.5 Å². The molecule has 150 valence electrons. The average Bonchev–Trinajstić information content (AvgIpc) is 2.62. The lowest BCUT2D eigenvalue weighted by atomic mass is 10.2. The molecule has 1 heterocycles. The fourth-order valence-electron chi connectivity index (χ4n) is 2.10. The highest BCUT2D eigenvalue weighted by atomic mass is 35.5. The van der Waals surface area contributed by atoms with Gasteiger partial charge in [-0.15, -0.1) is 0 Å². The van der Waals surface area contributed by atoms with Crippen LogP contribution in [0.25, 0.3) is 0 Å². The zero-order chi connectivity index (χ0) is 20.7. The molecule has 0 fully saturated rings. The molecule has 1 aromatic carbocycles. The number of hydrogen-bond donors (Lipinski definition) is 3. The highest BCUT2D eigenvalue weighted by Crippen LogP contribution is 2.31. The van der Waals surface area contributed by atoms with Crippen LogP contribution >= 0.6 is 11.6 Å². The summed E-state index contributed by atoms with van der Waals surface area (Å²) in [4.78, 5) is 31.9. The van der Waals surface area contributed by atoms with Crippen LogP contribution in [0.1, 0.15) is 13.3 Å². The van der Waals surface area contributed by atoms with E-state index in [1.165, 1.54) is 0 Å². The second kappa shape index (κ2) is 9.55. The number of nitrogens with zero attached hydrogens (tertiary/aromatic N) is 5. The van der Waals surface area contributed by atoms with Crippen LogP contribution in [0.3, 0.4) is 0 Å². The van der Waals surface area contributed by atoms with Gasteiger partial charge >= 0.3 is 5.69 Å². The van der Waals surface area contributed by atoms with Crippen molar-refractivity contribution < 1.29 is 14.2 Å². The highest BCUT2D eigenvalue weighted by Gasteiger charge is 2.24. The van der Waals surface area contributed by atoms with Crippen LogP contribution in [-0.4, -0.2) is 44.4 Å². The van der Waals surface area contributed by atoms with Crippen molar-refractivity contribution in [3.8, 4) is 0 Å². The van der Waals surface area contributed by atoms with E-state index in [0.717, 1.165) is 6.42 Å². The molecule has 28 heavy (non-hydrogen) atoms. The fraction of sp³-hybridized carbons (Fsp3) is 0.357. The van der Waals surface area contributed by atoms with Gasteiger partial charge in [-0.3, -0.25) is 20.2 Å². The third-order valence-corrected chi connectivity index (χ3v) is 3.49. The van der Waals surface area contributed by atoms with Crippen LogP contribution in [0.15, 0.2) is 12.1 Å². The molecule has 0 bridgehead atoms. The number of nitro groups is 2. The van der Waals surface area contributed by atoms with E-state index in [1.54, 1.807) is 0 Å². The van der Waals surface area contributed by atoms with Gasteiger partial charge in [-0.1, -0.05) is 6.92 Å². The number of aromatic nitrogens is 3. The largest absolute Gasteiger partial charge is 0.378 e. The van der Waals surface area contributed by atoms with E-state index in [4.69, 9.17) is 11.6 Å². The van der Waals surface area contributed by atoms with Crippen LogP contribution in [-0.2, 0) is 0 Å². The quantitative estimate of drug-likeness (QED) is 0.299. The summed E-state index contributed by atoms with van der Waals surface area (Å²) in [6.45, 7) is 2.93. The molecule has 0 aliphatic carbocycles. The van der Waals surface area contributed by atoms with Crippen molar-refractivity contribution in [1.29, 1.82) is 0 Å². The molecule has 0 amide bonds. The second-order valence-corrected chi connectivity index (χ2v) is 5.71. The third kappa shape index (κ3) is 5.57. The number of hydrogen-bond acceptors (Lipinski definition) is 10. The molecule has 0 saturated heterocycles. The van der Waals surface area contributed by atoms with Crippen molar-refractivity contribution in [2.45, 2.75) is 13.3 Å². The average molecular weight is 415 g/mol. The SMILES string of the molecule is CCCNc1nc(Cl)nc(NCCNc2cc(F)c([N+](=O)[O-])cc2[N+](=O)[O-])n1. The molecule has 0 atom stereocenters. The molecule has 0 radical (unpaired) electrons. The first kappa shape index (κ1) is 21.0. The number of benzene rings is 1. The Morgan fingerprint density at radius 3 is 2.11 bits per heavy atom. The lowest BCUT2D eigenvalue weighted by Gasteiger charge is -2.10. The molecule has 0 aliphatic rings. The zero-order valence-electron chi connectivity index (χ0n) is 14.6. The molecule has 2 aromatic rings. The van der Waals surface area contributed by atoms with Gasteiger partial charge in [0.2, 0.25) is 23.0 Å². The maximum Gasteiger partial charge on any atom is 0.311 e. The summed E-state index contributed by atoms with van der Waals surface area (Å²) < 4.78 is 13.7. The van der Waals surface area contributed by atoms with Crippen molar-refractivity contribution in [1.82, 2.24) is 15.0 Å². The first-order valence-electron chi connectivity index (χ1n) is 8.07. The number of halogens is 2. The molecule has 0 unspecified atom stereocenters. The van der Waals surface area contributed by atoms with Gasteiger partial charge in [0.25, 0.3) is 5.69 Å². The number of anilines is 3. The smallest absolute Gasteiger partial charge is 0.311 e. The summed E-state index contributed by atoms with van der Waals surface area (Å²) in [6, 6.07) is 1.28. The van der Waals surface area contributed by atoms with Gasteiger partial charge in [0.05, 0.1) is 15.9 Å². The predicted octanol–water partition coefficient (Wildman–Crippen LogP) is 2.83.